The van der Waals surface area contributed by atoms with Crippen LogP contribution in [0.1, 0.15) is 56.3 Å². The van der Waals surface area contributed by atoms with Crippen LogP contribution in [0, 0.1) is 0 Å². The number of rotatable bonds is 8. The molecule has 1 aliphatic heterocycles. The lowest BCUT2D eigenvalue weighted by Crippen LogP contribution is -2.36. The van der Waals surface area contributed by atoms with E-state index in [9.17, 15) is 9.59 Å². The highest BCUT2D eigenvalue weighted by molar-refractivity contribution is 6.06. The quantitative estimate of drug-likeness (QED) is 0.748. The lowest BCUT2D eigenvalue weighted by atomic mass is 10.0. The van der Waals surface area contributed by atoms with E-state index in [1.54, 1.807) is 4.90 Å². The molecule has 1 aliphatic rings. The molecule has 5 heteroatoms. The molecule has 3 rings (SSSR count). The number of aryl methyl sites for hydroxylation is 1. The number of carbonyl (C=O) groups is 2. The van der Waals surface area contributed by atoms with Crippen molar-refractivity contribution in [3.8, 4) is 5.75 Å². The number of ether oxygens (including phenoxy) is 1. The van der Waals surface area contributed by atoms with Gasteiger partial charge in [-0.15, -0.1) is 0 Å². The second kappa shape index (κ2) is 8.91. The molecule has 1 unspecified atom stereocenters. The van der Waals surface area contributed by atoms with Crippen LogP contribution in [-0.2, 0) is 22.6 Å². The van der Waals surface area contributed by atoms with Gasteiger partial charge < -0.3 is 15.0 Å². The zero-order chi connectivity index (χ0) is 20.1. The summed E-state index contributed by atoms with van der Waals surface area (Å²) in [5.74, 6) is 0.522. The van der Waals surface area contributed by atoms with Crippen molar-refractivity contribution in [3.05, 3.63) is 59.2 Å². The smallest absolute Gasteiger partial charge is 0.254 e. The van der Waals surface area contributed by atoms with Crippen LogP contribution in [0.15, 0.2) is 42.5 Å². The van der Waals surface area contributed by atoms with Crippen molar-refractivity contribution >= 4 is 17.5 Å². The molecule has 2 aromatic rings. The van der Waals surface area contributed by atoms with Gasteiger partial charge >= 0.3 is 0 Å². The average molecular weight is 380 g/mol. The van der Waals surface area contributed by atoms with Crippen LogP contribution in [0.4, 0.5) is 5.69 Å². The van der Waals surface area contributed by atoms with Gasteiger partial charge in [0.1, 0.15) is 11.8 Å². The van der Waals surface area contributed by atoms with E-state index >= 15 is 0 Å². The lowest BCUT2D eigenvalue weighted by molar-refractivity contribution is -0.126. The van der Waals surface area contributed by atoms with Gasteiger partial charge in [0.15, 0.2) is 0 Å². The minimum atomic E-state index is -0.614. The number of hydrogen-bond donors (Lipinski definition) is 1. The number of amides is 2. The van der Waals surface area contributed by atoms with Crippen molar-refractivity contribution in [2.24, 2.45) is 0 Å². The molecule has 2 amide bonds. The van der Waals surface area contributed by atoms with Gasteiger partial charge in [-0.1, -0.05) is 37.6 Å². The maximum Gasteiger partial charge on any atom is 0.254 e. The van der Waals surface area contributed by atoms with Crippen molar-refractivity contribution in [2.75, 3.05) is 11.5 Å². The van der Waals surface area contributed by atoms with Gasteiger partial charge in [-0.3, -0.25) is 9.59 Å². The van der Waals surface area contributed by atoms with Gasteiger partial charge in [-0.05, 0) is 49.1 Å². The predicted octanol–water partition coefficient (Wildman–Crippen LogP) is 4.15. The molecule has 2 aromatic carbocycles. The van der Waals surface area contributed by atoms with Crippen molar-refractivity contribution in [1.82, 2.24) is 5.32 Å². The molecular weight excluding hydrogens is 352 g/mol. The van der Waals surface area contributed by atoms with E-state index in [1.165, 1.54) is 12.5 Å². The summed E-state index contributed by atoms with van der Waals surface area (Å²) < 4.78 is 5.49. The summed E-state index contributed by atoms with van der Waals surface area (Å²) >= 11 is 0. The Balaban J connectivity index is 1.87. The number of hydrogen-bond acceptors (Lipinski definition) is 3. The van der Waals surface area contributed by atoms with Crippen molar-refractivity contribution in [2.45, 2.75) is 52.6 Å². The van der Waals surface area contributed by atoms with Gasteiger partial charge in [0, 0.05) is 18.2 Å². The van der Waals surface area contributed by atoms with Crippen LogP contribution < -0.4 is 15.0 Å². The molecule has 148 valence electrons. The highest BCUT2D eigenvalue weighted by Crippen LogP contribution is 2.38. The van der Waals surface area contributed by atoms with Crippen molar-refractivity contribution in [1.29, 1.82) is 0 Å². The zero-order valence-corrected chi connectivity index (χ0v) is 16.8. The molecule has 0 fully saturated rings. The van der Waals surface area contributed by atoms with Gasteiger partial charge in [0.25, 0.3) is 5.91 Å². The third-order valence-corrected chi connectivity index (χ3v) is 4.95. The molecule has 0 saturated carbocycles. The minimum Gasteiger partial charge on any atom is -0.494 e. The fraction of sp³-hybridized carbons (Fsp3) is 0.391. The first-order valence-corrected chi connectivity index (χ1v) is 9.96. The highest BCUT2D eigenvalue weighted by atomic mass is 16.5. The Kier molecular flexibility index (Phi) is 6.34. The maximum absolute atomic E-state index is 13.1. The number of fused-ring (bicyclic) bond motifs is 1. The summed E-state index contributed by atoms with van der Waals surface area (Å²) in [4.78, 5) is 26.5. The molecule has 0 radical (unpaired) electrons. The third-order valence-electron chi connectivity index (χ3n) is 4.95. The Morgan fingerprint density at radius 1 is 1.11 bits per heavy atom. The molecule has 0 aliphatic carbocycles. The molecule has 0 aromatic heterocycles. The normalized spacial score (nSPS) is 15.5. The molecule has 1 heterocycles. The van der Waals surface area contributed by atoms with Gasteiger partial charge in [-0.25, -0.2) is 0 Å². The minimum absolute atomic E-state index is 0.0910. The Morgan fingerprint density at radius 2 is 1.82 bits per heavy atom. The van der Waals surface area contributed by atoms with Gasteiger partial charge in [0.2, 0.25) is 5.91 Å². The van der Waals surface area contributed by atoms with Crippen LogP contribution in [0.2, 0.25) is 0 Å². The molecule has 0 bridgehead atoms. The Bertz CT molecular complexity index is 845. The van der Waals surface area contributed by atoms with Crippen LogP contribution in [0.5, 0.6) is 5.75 Å². The molecule has 1 atom stereocenters. The summed E-state index contributed by atoms with van der Waals surface area (Å²) in [7, 11) is 0. The summed E-state index contributed by atoms with van der Waals surface area (Å²) in [6.45, 7) is 6.64. The summed E-state index contributed by atoms with van der Waals surface area (Å²) in [5, 5.41) is 2.82. The SMILES string of the molecule is CCCCc1ccc2c(c1)C(NC(C)=O)C(=O)N2Cc1ccc(OCC)cc1. The maximum atomic E-state index is 13.1. The van der Waals surface area contributed by atoms with E-state index in [0.29, 0.717) is 13.2 Å². The summed E-state index contributed by atoms with van der Waals surface area (Å²) in [5.41, 5.74) is 3.98. The van der Waals surface area contributed by atoms with E-state index in [2.05, 4.69) is 24.4 Å². The van der Waals surface area contributed by atoms with E-state index in [-0.39, 0.29) is 11.8 Å². The lowest BCUT2D eigenvalue weighted by Gasteiger charge is -2.18. The number of anilines is 1. The zero-order valence-electron chi connectivity index (χ0n) is 16.8. The van der Waals surface area contributed by atoms with E-state index in [4.69, 9.17) is 4.74 Å². The molecule has 28 heavy (non-hydrogen) atoms. The largest absolute Gasteiger partial charge is 0.494 e. The molecule has 5 nitrogen and oxygen atoms in total. The van der Waals surface area contributed by atoms with Crippen LogP contribution in [0.3, 0.4) is 0 Å². The Labute approximate surface area is 166 Å². The first-order valence-electron chi connectivity index (χ1n) is 9.96. The second-order valence-corrected chi connectivity index (χ2v) is 7.13. The number of benzene rings is 2. The van der Waals surface area contributed by atoms with Gasteiger partial charge in [-0.2, -0.15) is 0 Å². The second-order valence-electron chi connectivity index (χ2n) is 7.13. The standard InChI is InChI=1S/C23H28N2O3/c1-4-6-7-17-10-13-21-20(14-17)22(24-16(3)26)23(27)25(21)15-18-8-11-19(12-9-18)28-5-2/h8-14,22H,4-7,15H2,1-3H3,(H,24,26). The van der Waals surface area contributed by atoms with Crippen molar-refractivity contribution in [3.63, 3.8) is 0 Å². The Hall–Kier alpha value is -2.82. The number of nitrogens with one attached hydrogen (secondary N) is 1. The van der Waals surface area contributed by atoms with E-state index in [1.807, 2.05) is 37.3 Å². The van der Waals surface area contributed by atoms with Crippen LogP contribution >= 0.6 is 0 Å². The predicted molar refractivity (Wildman–Crippen MR) is 110 cm³/mol. The fourth-order valence-electron chi connectivity index (χ4n) is 3.57. The topological polar surface area (TPSA) is 58.6 Å². The summed E-state index contributed by atoms with van der Waals surface area (Å²) in [6, 6.07) is 13.3. The molecular formula is C23H28N2O3. The first kappa shape index (κ1) is 19.9. The number of carbonyl (C=O) groups excluding carboxylic acids is 2. The highest BCUT2D eigenvalue weighted by Gasteiger charge is 2.37. The van der Waals surface area contributed by atoms with E-state index < -0.39 is 6.04 Å². The number of nitrogens with zero attached hydrogens (tertiary/aromatic N) is 1. The van der Waals surface area contributed by atoms with Crippen LogP contribution in [-0.4, -0.2) is 18.4 Å². The van der Waals surface area contributed by atoms with E-state index in [0.717, 1.165) is 41.8 Å². The first-order chi connectivity index (χ1) is 13.5. The fourth-order valence-corrected chi connectivity index (χ4v) is 3.57. The average Bonchev–Trinajstić information content (AvgIpc) is 2.93. The van der Waals surface area contributed by atoms with Crippen molar-refractivity contribution < 1.29 is 14.3 Å². The Morgan fingerprint density at radius 3 is 2.46 bits per heavy atom. The molecule has 0 saturated heterocycles. The van der Waals surface area contributed by atoms with Crippen LogP contribution in [0.25, 0.3) is 0 Å². The summed E-state index contributed by atoms with van der Waals surface area (Å²) in [6.07, 6.45) is 3.20. The monoisotopic (exact) mass is 380 g/mol. The number of unbranched alkanes of at least 4 members (excludes halogenated alkanes) is 1. The third kappa shape index (κ3) is 4.35. The molecule has 1 N–H and O–H groups in total. The van der Waals surface area contributed by atoms with Gasteiger partial charge in [0.05, 0.1) is 13.2 Å². The molecule has 0 spiro atoms.